The van der Waals surface area contributed by atoms with Crippen molar-refractivity contribution in [2.24, 2.45) is 15.3 Å². The highest BCUT2D eigenvalue weighted by atomic mass is 16.5. The molecule has 1 heterocycles. The number of hydrazone groups is 1. The zero-order valence-electron chi connectivity index (χ0n) is 10.3. The van der Waals surface area contributed by atoms with Crippen LogP contribution in [0.25, 0.3) is 0 Å². The Balaban J connectivity index is 2.04. The van der Waals surface area contributed by atoms with Crippen molar-refractivity contribution >= 4 is 23.1 Å². The van der Waals surface area contributed by atoms with E-state index in [2.05, 4.69) is 20.8 Å². The van der Waals surface area contributed by atoms with E-state index < -0.39 is 5.97 Å². The summed E-state index contributed by atoms with van der Waals surface area (Å²) in [4.78, 5) is 11.3. The number of esters is 1. The van der Waals surface area contributed by atoms with Crippen LogP contribution >= 0.6 is 0 Å². The second kappa shape index (κ2) is 5.39. The second-order valence-electron chi connectivity index (χ2n) is 3.77. The maximum atomic E-state index is 11.3. The molecule has 0 bridgehead atoms. The maximum Gasteiger partial charge on any atom is 0.354 e. The van der Waals surface area contributed by atoms with Gasteiger partial charge in [-0.15, -0.1) is 0 Å². The van der Waals surface area contributed by atoms with Gasteiger partial charge in [0.25, 0.3) is 0 Å². The number of rotatable bonds is 4. The number of nitrogens with one attached hydrogen (secondary N) is 1. The van der Waals surface area contributed by atoms with Crippen molar-refractivity contribution < 1.29 is 9.53 Å². The molecule has 6 heteroatoms. The standard InChI is InChI=1S/C12H14N4O2/c1-3-18-12(17)8(2)14-15-10-5-4-9-7-13-16-11(9)6-10/h4-6,15H,3,7H2,1-2H3. The van der Waals surface area contributed by atoms with Crippen molar-refractivity contribution in [1.82, 2.24) is 0 Å². The van der Waals surface area contributed by atoms with E-state index in [1.54, 1.807) is 13.8 Å². The fraction of sp³-hybridized carbons (Fsp3) is 0.333. The van der Waals surface area contributed by atoms with Crippen LogP contribution in [0, 0.1) is 0 Å². The molecule has 0 saturated heterocycles. The highest BCUT2D eigenvalue weighted by molar-refractivity contribution is 6.35. The van der Waals surface area contributed by atoms with Crippen LogP contribution in [0.2, 0.25) is 0 Å². The molecular formula is C12H14N4O2. The van der Waals surface area contributed by atoms with E-state index in [0.29, 0.717) is 13.2 Å². The van der Waals surface area contributed by atoms with Crippen LogP contribution in [-0.4, -0.2) is 18.3 Å². The van der Waals surface area contributed by atoms with Crippen molar-refractivity contribution in [1.29, 1.82) is 0 Å². The molecule has 0 aliphatic carbocycles. The molecule has 0 aromatic heterocycles. The molecule has 0 amide bonds. The normalized spacial score (nSPS) is 13.3. The topological polar surface area (TPSA) is 75.4 Å². The first kappa shape index (κ1) is 12.2. The molecule has 0 unspecified atom stereocenters. The summed E-state index contributed by atoms with van der Waals surface area (Å²) in [6.07, 6.45) is 0. The quantitative estimate of drug-likeness (QED) is 0.504. The molecule has 2 rings (SSSR count). The van der Waals surface area contributed by atoms with Crippen LogP contribution in [-0.2, 0) is 16.1 Å². The second-order valence-corrected chi connectivity index (χ2v) is 3.77. The van der Waals surface area contributed by atoms with Crippen molar-refractivity contribution in [2.45, 2.75) is 20.4 Å². The fourth-order valence-corrected chi connectivity index (χ4v) is 1.48. The van der Waals surface area contributed by atoms with Gasteiger partial charge in [-0.1, -0.05) is 6.07 Å². The molecule has 94 valence electrons. The van der Waals surface area contributed by atoms with Crippen LogP contribution < -0.4 is 5.43 Å². The zero-order chi connectivity index (χ0) is 13.0. The Bertz CT molecular complexity index is 523. The smallest absolute Gasteiger partial charge is 0.354 e. The van der Waals surface area contributed by atoms with Gasteiger partial charge < -0.3 is 4.74 Å². The van der Waals surface area contributed by atoms with Gasteiger partial charge in [-0.05, 0) is 26.0 Å². The van der Waals surface area contributed by atoms with Crippen LogP contribution in [0.4, 0.5) is 11.4 Å². The summed E-state index contributed by atoms with van der Waals surface area (Å²) in [5.41, 5.74) is 5.76. The molecule has 1 aliphatic heterocycles. The van der Waals surface area contributed by atoms with E-state index in [0.717, 1.165) is 16.9 Å². The number of nitrogens with zero attached hydrogens (tertiary/aromatic N) is 3. The van der Waals surface area contributed by atoms with Gasteiger partial charge in [0.15, 0.2) is 0 Å². The lowest BCUT2D eigenvalue weighted by Gasteiger charge is -2.04. The number of carbonyl (C=O) groups excluding carboxylic acids is 1. The first-order valence-corrected chi connectivity index (χ1v) is 5.68. The van der Waals surface area contributed by atoms with E-state index in [1.807, 2.05) is 18.2 Å². The summed E-state index contributed by atoms with van der Waals surface area (Å²) in [5, 5.41) is 11.9. The zero-order valence-corrected chi connectivity index (χ0v) is 10.3. The van der Waals surface area contributed by atoms with Crippen LogP contribution in [0.1, 0.15) is 19.4 Å². The van der Waals surface area contributed by atoms with Gasteiger partial charge in [-0.3, -0.25) is 5.43 Å². The van der Waals surface area contributed by atoms with E-state index in [9.17, 15) is 4.79 Å². The third-order valence-corrected chi connectivity index (χ3v) is 2.43. The maximum absolute atomic E-state index is 11.3. The predicted octanol–water partition coefficient (Wildman–Crippen LogP) is 2.63. The summed E-state index contributed by atoms with van der Waals surface area (Å²) in [6, 6.07) is 5.65. The van der Waals surface area contributed by atoms with Crippen molar-refractivity contribution in [2.75, 3.05) is 12.0 Å². The summed E-state index contributed by atoms with van der Waals surface area (Å²) in [7, 11) is 0. The van der Waals surface area contributed by atoms with E-state index in [1.165, 1.54) is 0 Å². The molecule has 1 N–H and O–H groups in total. The number of hydrogen-bond acceptors (Lipinski definition) is 6. The van der Waals surface area contributed by atoms with E-state index in [4.69, 9.17) is 4.74 Å². The van der Waals surface area contributed by atoms with Crippen LogP contribution in [0.15, 0.2) is 33.5 Å². The summed E-state index contributed by atoms with van der Waals surface area (Å²) < 4.78 is 4.82. The Kier molecular flexibility index (Phi) is 3.66. The lowest BCUT2D eigenvalue weighted by atomic mass is 10.2. The highest BCUT2D eigenvalue weighted by Gasteiger charge is 2.09. The van der Waals surface area contributed by atoms with Gasteiger partial charge in [-0.2, -0.15) is 15.3 Å². The minimum atomic E-state index is -0.425. The fourth-order valence-electron chi connectivity index (χ4n) is 1.48. The third-order valence-electron chi connectivity index (χ3n) is 2.43. The average Bonchev–Trinajstić information content (AvgIpc) is 2.83. The van der Waals surface area contributed by atoms with Crippen molar-refractivity contribution in [3.05, 3.63) is 23.8 Å². The number of azo groups is 1. The van der Waals surface area contributed by atoms with E-state index in [-0.39, 0.29) is 5.71 Å². The van der Waals surface area contributed by atoms with Crippen LogP contribution in [0.3, 0.4) is 0 Å². The number of fused-ring (bicyclic) bond motifs is 1. The molecule has 0 fully saturated rings. The van der Waals surface area contributed by atoms with Crippen molar-refractivity contribution in [3.63, 3.8) is 0 Å². The molecule has 1 aromatic rings. The monoisotopic (exact) mass is 246 g/mol. The van der Waals surface area contributed by atoms with Crippen molar-refractivity contribution in [3.8, 4) is 0 Å². The molecule has 1 aliphatic rings. The van der Waals surface area contributed by atoms with Gasteiger partial charge >= 0.3 is 5.97 Å². The summed E-state index contributed by atoms with van der Waals surface area (Å²) in [6.45, 7) is 4.31. The molecule has 0 radical (unpaired) electrons. The first-order valence-electron chi connectivity index (χ1n) is 5.68. The predicted molar refractivity (Wildman–Crippen MR) is 68.0 cm³/mol. The molecular weight excluding hydrogens is 232 g/mol. The SMILES string of the molecule is CCOC(=O)C(C)=NNc1ccc2c(c1)N=NC2. The van der Waals surface area contributed by atoms with Gasteiger partial charge in [0.1, 0.15) is 5.71 Å². The number of carbonyl (C=O) groups is 1. The Morgan fingerprint density at radius 2 is 2.39 bits per heavy atom. The van der Waals surface area contributed by atoms with Gasteiger partial charge in [0, 0.05) is 5.56 Å². The number of hydrogen-bond donors (Lipinski definition) is 1. The molecule has 6 nitrogen and oxygen atoms in total. The summed E-state index contributed by atoms with van der Waals surface area (Å²) >= 11 is 0. The number of benzene rings is 1. The lowest BCUT2D eigenvalue weighted by molar-refractivity contribution is -0.135. The molecule has 1 aromatic carbocycles. The Morgan fingerprint density at radius 3 is 3.17 bits per heavy atom. The number of ether oxygens (including phenoxy) is 1. The molecule has 0 spiro atoms. The molecule has 18 heavy (non-hydrogen) atoms. The largest absolute Gasteiger partial charge is 0.461 e. The van der Waals surface area contributed by atoms with E-state index >= 15 is 0 Å². The Labute approximate surface area is 105 Å². The van der Waals surface area contributed by atoms with Crippen LogP contribution in [0.5, 0.6) is 0 Å². The minimum absolute atomic E-state index is 0.277. The third kappa shape index (κ3) is 2.71. The first-order chi connectivity index (χ1) is 8.70. The lowest BCUT2D eigenvalue weighted by Crippen LogP contribution is -2.15. The van der Waals surface area contributed by atoms with Gasteiger partial charge in [-0.25, -0.2) is 4.79 Å². The van der Waals surface area contributed by atoms with Gasteiger partial charge in [0.05, 0.1) is 24.5 Å². The minimum Gasteiger partial charge on any atom is -0.461 e. The average molecular weight is 246 g/mol. The number of anilines is 1. The molecule has 0 atom stereocenters. The highest BCUT2D eigenvalue weighted by Crippen LogP contribution is 2.29. The summed E-state index contributed by atoms with van der Waals surface area (Å²) in [5.74, 6) is -0.425. The Morgan fingerprint density at radius 1 is 1.56 bits per heavy atom. The van der Waals surface area contributed by atoms with Gasteiger partial charge in [0.2, 0.25) is 0 Å². The Hall–Kier alpha value is -2.24. The molecule has 0 saturated carbocycles.